The number of para-hydroxylation sites is 2. The molecule has 0 aliphatic rings. The van der Waals surface area contributed by atoms with Gasteiger partial charge in [-0.3, -0.25) is 9.10 Å². The molecule has 1 unspecified atom stereocenters. The zero-order chi connectivity index (χ0) is 24.9. The maximum Gasteiger partial charge on any atom is 0.264 e. The Bertz CT molecular complexity index is 1220. The number of amides is 1. The van der Waals surface area contributed by atoms with Crippen LogP contribution in [0.1, 0.15) is 44.9 Å². The van der Waals surface area contributed by atoms with Crippen molar-refractivity contribution < 1.29 is 17.9 Å². The summed E-state index contributed by atoms with van der Waals surface area (Å²) in [7, 11) is -2.54. The van der Waals surface area contributed by atoms with E-state index in [4.69, 9.17) is 4.74 Å². The summed E-state index contributed by atoms with van der Waals surface area (Å²) in [6, 6.07) is 22.6. The monoisotopic (exact) mass is 480 g/mol. The number of nitrogens with one attached hydrogen (secondary N) is 1. The number of carbonyl (C=O) groups is 1. The van der Waals surface area contributed by atoms with Crippen molar-refractivity contribution in [3.8, 4) is 5.75 Å². The van der Waals surface area contributed by atoms with E-state index in [-0.39, 0.29) is 22.9 Å². The summed E-state index contributed by atoms with van der Waals surface area (Å²) in [5, 5.41) is 2.93. The second-order valence-electron chi connectivity index (χ2n) is 9.16. The average molecular weight is 481 g/mol. The Balaban J connectivity index is 1.87. The molecule has 1 amide bonds. The van der Waals surface area contributed by atoms with E-state index in [9.17, 15) is 13.2 Å². The van der Waals surface area contributed by atoms with Gasteiger partial charge in [-0.05, 0) is 47.7 Å². The molecule has 0 radical (unpaired) electrons. The van der Waals surface area contributed by atoms with E-state index in [2.05, 4.69) is 38.2 Å². The third-order valence-corrected chi connectivity index (χ3v) is 7.40. The molecule has 3 rings (SSSR count). The number of methoxy groups -OCH3 is 1. The van der Waals surface area contributed by atoms with Gasteiger partial charge in [0, 0.05) is 0 Å². The van der Waals surface area contributed by atoms with Gasteiger partial charge in [0.15, 0.2) is 0 Å². The second-order valence-corrected chi connectivity index (χ2v) is 11.0. The number of hydrogen-bond donors (Lipinski definition) is 1. The first-order chi connectivity index (χ1) is 16.0. The molecule has 180 valence electrons. The predicted octanol–water partition coefficient (Wildman–Crippen LogP) is 5.07. The second kappa shape index (κ2) is 10.3. The van der Waals surface area contributed by atoms with Crippen molar-refractivity contribution in [1.29, 1.82) is 0 Å². The van der Waals surface area contributed by atoms with Crippen LogP contribution in [0.4, 0.5) is 5.69 Å². The Morgan fingerprint density at radius 1 is 0.941 bits per heavy atom. The van der Waals surface area contributed by atoms with Gasteiger partial charge in [-0.15, -0.1) is 0 Å². The molecule has 0 spiro atoms. The molecule has 0 bridgehead atoms. The minimum Gasteiger partial charge on any atom is -0.495 e. The molecule has 0 aromatic heterocycles. The minimum absolute atomic E-state index is 0.0338. The molecule has 6 nitrogen and oxygen atoms in total. The fourth-order valence-corrected chi connectivity index (χ4v) is 5.08. The standard InChI is InChI=1S/C27H32N2O4S/c1-20(21-15-17-22(18-16-21)27(2,3)4)28-26(30)19-29(24-13-9-10-14-25(24)33-5)34(31,32)23-11-7-6-8-12-23/h6-18,20H,19H2,1-5H3,(H,28,30). The van der Waals surface area contributed by atoms with Crippen LogP contribution in [-0.2, 0) is 20.2 Å². The van der Waals surface area contributed by atoms with Gasteiger partial charge < -0.3 is 10.1 Å². The fourth-order valence-electron chi connectivity index (χ4n) is 3.63. The molecule has 0 fully saturated rings. The van der Waals surface area contributed by atoms with Gasteiger partial charge in [-0.1, -0.05) is 75.4 Å². The zero-order valence-corrected chi connectivity index (χ0v) is 21.1. The Morgan fingerprint density at radius 2 is 1.53 bits per heavy atom. The number of nitrogens with zero attached hydrogens (tertiary/aromatic N) is 1. The zero-order valence-electron chi connectivity index (χ0n) is 20.3. The quantitative estimate of drug-likeness (QED) is 0.489. The first kappa shape index (κ1) is 25.3. The number of benzene rings is 3. The fraction of sp³-hybridized carbons (Fsp3) is 0.296. The van der Waals surface area contributed by atoms with Crippen LogP contribution in [0, 0.1) is 0 Å². The molecule has 0 saturated heterocycles. The van der Waals surface area contributed by atoms with Crippen LogP contribution >= 0.6 is 0 Å². The maximum absolute atomic E-state index is 13.5. The summed E-state index contributed by atoms with van der Waals surface area (Å²) in [5.41, 5.74) is 2.47. The molecule has 0 aliphatic heterocycles. The van der Waals surface area contributed by atoms with Crippen molar-refractivity contribution in [3.63, 3.8) is 0 Å². The largest absolute Gasteiger partial charge is 0.495 e. The van der Waals surface area contributed by atoms with Crippen molar-refractivity contribution in [2.75, 3.05) is 18.0 Å². The molecular formula is C27H32N2O4S. The smallest absolute Gasteiger partial charge is 0.264 e. The number of rotatable bonds is 8. The van der Waals surface area contributed by atoms with Crippen LogP contribution in [-0.4, -0.2) is 28.0 Å². The SMILES string of the molecule is COc1ccccc1N(CC(=O)NC(C)c1ccc(C(C)(C)C)cc1)S(=O)(=O)c1ccccc1. The summed E-state index contributed by atoms with van der Waals surface area (Å²) >= 11 is 0. The Kier molecular flexibility index (Phi) is 7.67. The van der Waals surface area contributed by atoms with Crippen molar-refractivity contribution in [2.24, 2.45) is 0 Å². The van der Waals surface area contributed by atoms with Gasteiger partial charge in [0.25, 0.3) is 10.0 Å². The van der Waals surface area contributed by atoms with Gasteiger partial charge in [0.2, 0.25) is 5.91 Å². The lowest BCUT2D eigenvalue weighted by Gasteiger charge is -2.26. The first-order valence-corrected chi connectivity index (χ1v) is 12.6. The van der Waals surface area contributed by atoms with Gasteiger partial charge in [0.1, 0.15) is 12.3 Å². The topological polar surface area (TPSA) is 75.7 Å². The Morgan fingerprint density at radius 3 is 2.12 bits per heavy atom. The molecule has 0 heterocycles. The molecular weight excluding hydrogens is 448 g/mol. The third-order valence-electron chi connectivity index (χ3n) is 5.63. The minimum atomic E-state index is -4.01. The Labute approximate surface area is 202 Å². The van der Waals surface area contributed by atoms with Gasteiger partial charge >= 0.3 is 0 Å². The van der Waals surface area contributed by atoms with Crippen LogP contribution in [0.25, 0.3) is 0 Å². The van der Waals surface area contributed by atoms with E-state index < -0.39 is 15.9 Å². The summed E-state index contributed by atoms with van der Waals surface area (Å²) in [5.74, 6) is -0.0570. The van der Waals surface area contributed by atoms with Crippen LogP contribution in [0.3, 0.4) is 0 Å². The molecule has 3 aromatic rings. The summed E-state index contributed by atoms with van der Waals surface area (Å²) < 4.78 is 33.5. The van der Waals surface area contributed by atoms with Crippen molar-refractivity contribution in [1.82, 2.24) is 5.32 Å². The summed E-state index contributed by atoms with van der Waals surface area (Å²) in [4.78, 5) is 13.2. The highest BCUT2D eigenvalue weighted by atomic mass is 32.2. The van der Waals surface area contributed by atoms with Gasteiger partial charge in [-0.2, -0.15) is 0 Å². The molecule has 7 heteroatoms. The number of anilines is 1. The third kappa shape index (κ3) is 5.78. The average Bonchev–Trinajstić information content (AvgIpc) is 2.82. The van der Waals surface area contributed by atoms with Crippen LogP contribution < -0.4 is 14.4 Å². The number of sulfonamides is 1. The number of ether oxygens (including phenoxy) is 1. The molecule has 1 N–H and O–H groups in total. The van der Waals surface area contributed by atoms with Crippen LogP contribution in [0.15, 0.2) is 83.8 Å². The van der Waals surface area contributed by atoms with Crippen LogP contribution in [0.2, 0.25) is 0 Å². The van der Waals surface area contributed by atoms with E-state index in [0.29, 0.717) is 11.4 Å². The molecule has 34 heavy (non-hydrogen) atoms. The van der Waals surface area contributed by atoms with E-state index >= 15 is 0 Å². The summed E-state index contributed by atoms with van der Waals surface area (Å²) in [6.45, 7) is 7.93. The lowest BCUT2D eigenvalue weighted by Crippen LogP contribution is -2.41. The van der Waals surface area contributed by atoms with Gasteiger partial charge in [-0.25, -0.2) is 8.42 Å². The number of hydrogen-bond acceptors (Lipinski definition) is 4. The lowest BCUT2D eigenvalue weighted by atomic mass is 9.86. The highest BCUT2D eigenvalue weighted by molar-refractivity contribution is 7.92. The van der Waals surface area contributed by atoms with Crippen molar-refractivity contribution in [2.45, 2.75) is 44.0 Å². The first-order valence-electron chi connectivity index (χ1n) is 11.1. The molecule has 1 atom stereocenters. The van der Waals surface area contributed by atoms with E-state index in [1.54, 1.807) is 42.5 Å². The predicted molar refractivity (Wildman–Crippen MR) is 136 cm³/mol. The normalized spacial score (nSPS) is 12.6. The lowest BCUT2D eigenvalue weighted by molar-refractivity contribution is -0.120. The molecule has 0 aliphatic carbocycles. The van der Waals surface area contributed by atoms with Crippen molar-refractivity contribution in [3.05, 3.63) is 90.0 Å². The van der Waals surface area contributed by atoms with Crippen LogP contribution in [0.5, 0.6) is 5.75 Å². The number of carbonyl (C=O) groups excluding carboxylic acids is 1. The maximum atomic E-state index is 13.5. The van der Waals surface area contributed by atoms with E-state index in [0.717, 1.165) is 9.87 Å². The van der Waals surface area contributed by atoms with Gasteiger partial charge in [0.05, 0.1) is 23.7 Å². The summed E-state index contributed by atoms with van der Waals surface area (Å²) in [6.07, 6.45) is 0. The Hall–Kier alpha value is -3.32. The highest BCUT2D eigenvalue weighted by Gasteiger charge is 2.29. The molecule has 3 aromatic carbocycles. The van der Waals surface area contributed by atoms with E-state index in [1.807, 2.05) is 19.1 Å². The highest BCUT2D eigenvalue weighted by Crippen LogP contribution is 2.32. The van der Waals surface area contributed by atoms with E-state index in [1.165, 1.54) is 24.8 Å². The van der Waals surface area contributed by atoms with Crippen molar-refractivity contribution >= 4 is 21.6 Å². The molecule has 0 saturated carbocycles.